The fourth-order valence-corrected chi connectivity index (χ4v) is 5.81. The molecule has 2 amide bonds. The minimum atomic E-state index is -3.06. The second-order valence-corrected chi connectivity index (χ2v) is 10.2. The van der Waals surface area contributed by atoms with Crippen molar-refractivity contribution >= 4 is 56.0 Å². The van der Waals surface area contributed by atoms with Crippen LogP contribution >= 0.6 is 24.0 Å². The molecule has 144 valence electrons. The summed E-state index contributed by atoms with van der Waals surface area (Å²) in [5, 5.41) is 2.69. The number of sulfone groups is 1. The van der Waals surface area contributed by atoms with Gasteiger partial charge in [-0.25, -0.2) is 12.8 Å². The molecule has 0 aliphatic carbocycles. The molecule has 1 atom stereocenters. The highest BCUT2D eigenvalue weighted by Crippen LogP contribution is 2.32. The number of amides is 2. The van der Waals surface area contributed by atoms with Crippen LogP contribution in [0.15, 0.2) is 29.2 Å². The summed E-state index contributed by atoms with van der Waals surface area (Å²) in [6.45, 7) is 0.122. The van der Waals surface area contributed by atoms with Crippen molar-refractivity contribution in [2.45, 2.75) is 18.9 Å². The predicted octanol–water partition coefficient (Wildman–Crippen LogP) is 1.72. The molecular weight excluding hydrogens is 411 g/mol. The summed E-state index contributed by atoms with van der Waals surface area (Å²) in [5.74, 6) is -0.930. The van der Waals surface area contributed by atoms with Gasteiger partial charge in [0, 0.05) is 19.0 Å². The van der Waals surface area contributed by atoms with Crippen LogP contribution in [0.3, 0.4) is 0 Å². The molecule has 0 radical (unpaired) electrons. The maximum Gasteiger partial charge on any atom is 0.266 e. The standard InChI is InChI=1S/C17H17FN2O4S3/c18-12-3-1-11(2-4-12)9-14-16(22)20(17(25)26-14)7-5-15(21)19-13-6-8-27(23,24)10-13/h1-4,9,13H,5-8,10H2,(H,19,21)/b14-9-/t13-/m1/s1. The van der Waals surface area contributed by atoms with Crippen LogP contribution in [-0.4, -0.2) is 53.5 Å². The number of carbonyl (C=O) groups excluding carboxylic acids is 2. The third kappa shape index (κ3) is 5.14. The summed E-state index contributed by atoms with van der Waals surface area (Å²) in [6, 6.07) is 5.36. The van der Waals surface area contributed by atoms with Crippen LogP contribution < -0.4 is 5.32 Å². The highest BCUT2D eigenvalue weighted by atomic mass is 32.2. The molecule has 0 aromatic heterocycles. The zero-order chi connectivity index (χ0) is 19.6. The summed E-state index contributed by atoms with van der Waals surface area (Å²) in [5.41, 5.74) is 0.678. The van der Waals surface area contributed by atoms with Gasteiger partial charge in [-0.1, -0.05) is 36.1 Å². The Hall–Kier alpha value is -1.78. The quantitative estimate of drug-likeness (QED) is 0.568. The molecule has 2 aliphatic rings. The van der Waals surface area contributed by atoms with E-state index in [1.54, 1.807) is 18.2 Å². The first-order valence-corrected chi connectivity index (χ1v) is 11.3. The summed E-state index contributed by atoms with van der Waals surface area (Å²) in [7, 11) is -3.06. The highest BCUT2D eigenvalue weighted by molar-refractivity contribution is 8.26. The molecule has 2 aliphatic heterocycles. The molecule has 1 N–H and O–H groups in total. The first-order chi connectivity index (χ1) is 12.7. The zero-order valence-electron chi connectivity index (χ0n) is 14.2. The molecule has 1 aromatic rings. The number of nitrogens with zero attached hydrogens (tertiary/aromatic N) is 1. The van der Waals surface area contributed by atoms with Crippen molar-refractivity contribution in [2.24, 2.45) is 0 Å². The second kappa shape index (κ2) is 8.07. The maximum absolute atomic E-state index is 13.0. The van der Waals surface area contributed by atoms with Gasteiger partial charge in [0.25, 0.3) is 5.91 Å². The summed E-state index contributed by atoms with van der Waals surface area (Å²) in [4.78, 5) is 26.3. The van der Waals surface area contributed by atoms with E-state index < -0.39 is 9.84 Å². The van der Waals surface area contributed by atoms with Gasteiger partial charge < -0.3 is 5.32 Å². The smallest absolute Gasteiger partial charge is 0.266 e. The Labute approximate surface area is 166 Å². The SMILES string of the molecule is O=C(CCN1C(=O)/C(=C/c2ccc(F)cc2)SC1=S)N[C@@H]1CCS(=O)(=O)C1. The molecule has 0 spiro atoms. The van der Waals surface area contributed by atoms with Gasteiger partial charge in [0.15, 0.2) is 9.84 Å². The Morgan fingerprint density at radius 1 is 1.37 bits per heavy atom. The Balaban J connectivity index is 1.56. The lowest BCUT2D eigenvalue weighted by atomic mass is 10.2. The van der Waals surface area contributed by atoms with Crippen LogP contribution in [0.5, 0.6) is 0 Å². The van der Waals surface area contributed by atoms with Crippen LogP contribution in [0.2, 0.25) is 0 Å². The van der Waals surface area contributed by atoms with E-state index in [9.17, 15) is 22.4 Å². The molecule has 2 saturated heterocycles. The number of hydrogen-bond acceptors (Lipinski definition) is 6. The number of thioether (sulfide) groups is 1. The van der Waals surface area contributed by atoms with Gasteiger partial charge in [0.2, 0.25) is 5.91 Å². The van der Waals surface area contributed by atoms with Crippen molar-refractivity contribution in [3.8, 4) is 0 Å². The first kappa shape index (κ1) is 20.0. The van der Waals surface area contributed by atoms with Crippen molar-refractivity contribution in [3.63, 3.8) is 0 Å². The largest absolute Gasteiger partial charge is 0.352 e. The Morgan fingerprint density at radius 3 is 2.70 bits per heavy atom. The lowest BCUT2D eigenvalue weighted by Gasteiger charge is -2.15. The number of hydrogen-bond donors (Lipinski definition) is 1. The molecule has 1 aromatic carbocycles. The zero-order valence-corrected chi connectivity index (χ0v) is 16.6. The van der Waals surface area contributed by atoms with Gasteiger partial charge in [-0.3, -0.25) is 14.5 Å². The van der Waals surface area contributed by atoms with Crippen molar-refractivity contribution in [1.29, 1.82) is 0 Å². The van der Waals surface area contributed by atoms with Crippen LogP contribution in [0.25, 0.3) is 6.08 Å². The number of halogens is 1. The molecular formula is C17H17FN2O4S3. The number of carbonyl (C=O) groups is 2. The average Bonchev–Trinajstić information content (AvgIpc) is 3.07. The van der Waals surface area contributed by atoms with E-state index in [-0.39, 0.29) is 48.1 Å². The third-order valence-electron chi connectivity index (χ3n) is 4.20. The number of benzene rings is 1. The number of rotatable bonds is 5. The van der Waals surface area contributed by atoms with E-state index in [4.69, 9.17) is 12.2 Å². The van der Waals surface area contributed by atoms with Crippen molar-refractivity contribution < 1.29 is 22.4 Å². The molecule has 2 heterocycles. The molecule has 0 bridgehead atoms. The van der Waals surface area contributed by atoms with Crippen LogP contribution in [0.1, 0.15) is 18.4 Å². The van der Waals surface area contributed by atoms with Crippen molar-refractivity contribution in [2.75, 3.05) is 18.1 Å². The monoisotopic (exact) mass is 428 g/mol. The van der Waals surface area contributed by atoms with Gasteiger partial charge in [-0.2, -0.15) is 0 Å². The third-order valence-corrected chi connectivity index (χ3v) is 7.35. The van der Waals surface area contributed by atoms with Gasteiger partial charge >= 0.3 is 0 Å². The number of thiocarbonyl (C=S) groups is 1. The lowest BCUT2D eigenvalue weighted by molar-refractivity contribution is -0.124. The Morgan fingerprint density at radius 2 is 2.07 bits per heavy atom. The van der Waals surface area contributed by atoms with Crippen molar-refractivity contribution in [1.82, 2.24) is 10.2 Å². The van der Waals surface area contributed by atoms with E-state index in [0.29, 0.717) is 21.2 Å². The number of nitrogens with one attached hydrogen (secondary N) is 1. The van der Waals surface area contributed by atoms with Gasteiger partial charge in [-0.05, 0) is 30.2 Å². The summed E-state index contributed by atoms with van der Waals surface area (Å²) in [6.07, 6.45) is 2.07. The molecule has 0 saturated carbocycles. The molecule has 0 unspecified atom stereocenters. The second-order valence-electron chi connectivity index (χ2n) is 6.30. The van der Waals surface area contributed by atoms with Crippen LogP contribution in [0.4, 0.5) is 4.39 Å². The van der Waals surface area contributed by atoms with E-state index in [0.717, 1.165) is 11.8 Å². The lowest BCUT2D eigenvalue weighted by Crippen LogP contribution is -2.38. The van der Waals surface area contributed by atoms with Crippen LogP contribution in [0, 0.1) is 5.82 Å². The van der Waals surface area contributed by atoms with E-state index in [1.165, 1.54) is 17.0 Å². The molecule has 3 rings (SSSR count). The summed E-state index contributed by atoms with van der Waals surface area (Å²) < 4.78 is 36.2. The predicted molar refractivity (Wildman–Crippen MR) is 106 cm³/mol. The van der Waals surface area contributed by atoms with E-state index >= 15 is 0 Å². The molecule has 2 fully saturated rings. The normalized spacial score (nSPS) is 23.2. The van der Waals surface area contributed by atoms with Crippen LogP contribution in [-0.2, 0) is 19.4 Å². The maximum atomic E-state index is 13.0. The van der Waals surface area contributed by atoms with Crippen molar-refractivity contribution in [3.05, 3.63) is 40.6 Å². The molecule has 27 heavy (non-hydrogen) atoms. The topological polar surface area (TPSA) is 83.6 Å². The minimum Gasteiger partial charge on any atom is -0.352 e. The molecule has 10 heteroatoms. The van der Waals surface area contributed by atoms with Gasteiger partial charge in [0.05, 0.1) is 16.4 Å². The van der Waals surface area contributed by atoms with E-state index in [1.807, 2.05) is 0 Å². The highest BCUT2D eigenvalue weighted by Gasteiger charge is 2.33. The van der Waals surface area contributed by atoms with Gasteiger partial charge in [-0.15, -0.1) is 0 Å². The van der Waals surface area contributed by atoms with Gasteiger partial charge in [0.1, 0.15) is 10.1 Å². The summed E-state index contributed by atoms with van der Waals surface area (Å²) >= 11 is 6.34. The first-order valence-electron chi connectivity index (χ1n) is 8.24. The fraction of sp³-hybridized carbons (Fsp3) is 0.353. The minimum absolute atomic E-state index is 0.0345. The molecule has 6 nitrogen and oxygen atoms in total. The van der Waals surface area contributed by atoms with E-state index in [2.05, 4.69) is 5.32 Å². The fourth-order valence-electron chi connectivity index (χ4n) is 2.83. The Bertz CT molecular complexity index is 913. The Kier molecular flexibility index (Phi) is 5.97. The average molecular weight is 429 g/mol.